The molecule has 3 rings (SSSR count). The van der Waals surface area contributed by atoms with E-state index in [-0.39, 0.29) is 5.91 Å². The molecule has 146 valence electrons. The van der Waals surface area contributed by atoms with E-state index in [1.807, 2.05) is 37.6 Å². The molecule has 0 unspecified atom stereocenters. The molecule has 2 heterocycles. The molecule has 1 aliphatic heterocycles. The Balaban J connectivity index is 1.56. The summed E-state index contributed by atoms with van der Waals surface area (Å²) in [5.74, 6) is 1.14. The summed E-state index contributed by atoms with van der Waals surface area (Å²) < 4.78 is 8.35. The van der Waals surface area contributed by atoms with Crippen LogP contribution in [0.2, 0.25) is 0 Å². The predicted molar refractivity (Wildman–Crippen MR) is 110 cm³/mol. The number of benzene rings is 1. The number of hydrogen-bond acceptors (Lipinski definition) is 6. The number of anilines is 1. The Labute approximate surface area is 172 Å². The van der Waals surface area contributed by atoms with Gasteiger partial charge in [-0.1, -0.05) is 27.7 Å². The summed E-state index contributed by atoms with van der Waals surface area (Å²) in [5.41, 5.74) is 2.94. The molecule has 0 spiro atoms. The molecule has 1 aromatic carbocycles. The molecule has 7 nitrogen and oxygen atoms in total. The highest BCUT2D eigenvalue weighted by atomic mass is 79.9. The van der Waals surface area contributed by atoms with Gasteiger partial charge in [-0.05, 0) is 37.1 Å². The number of thioether (sulfide) groups is 1. The highest BCUT2D eigenvalue weighted by Gasteiger charge is 2.17. The van der Waals surface area contributed by atoms with Crippen LogP contribution >= 0.6 is 27.7 Å². The predicted octanol–water partition coefficient (Wildman–Crippen LogP) is 2.76. The van der Waals surface area contributed by atoms with Crippen LogP contribution in [0.1, 0.15) is 17.0 Å². The molecule has 0 bridgehead atoms. The lowest BCUT2D eigenvalue weighted by Gasteiger charge is -2.25. The van der Waals surface area contributed by atoms with Crippen molar-refractivity contribution in [1.29, 1.82) is 0 Å². The molecule has 1 aromatic heterocycles. The maximum absolute atomic E-state index is 12.4. The topological polar surface area (TPSA) is 72.3 Å². The fourth-order valence-electron chi connectivity index (χ4n) is 2.98. The van der Waals surface area contributed by atoms with E-state index >= 15 is 0 Å². The average molecular weight is 454 g/mol. The second-order valence-corrected chi connectivity index (χ2v) is 8.46. The van der Waals surface area contributed by atoms with E-state index in [9.17, 15) is 4.79 Å². The summed E-state index contributed by atoms with van der Waals surface area (Å²) in [6, 6.07) is 3.99. The number of carbonyl (C=O) groups excluding carboxylic acids is 1. The van der Waals surface area contributed by atoms with E-state index in [2.05, 4.69) is 36.3 Å². The molecule has 0 saturated carbocycles. The van der Waals surface area contributed by atoms with Crippen LogP contribution in [0.3, 0.4) is 0 Å². The van der Waals surface area contributed by atoms with E-state index in [0.29, 0.717) is 5.75 Å². The lowest BCUT2D eigenvalue weighted by Crippen LogP contribution is -2.36. The zero-order valence-corrected chi connectivity index (χ0v) is 18.2. The van der Waals surface area contributed by atoms with Crippen LogP contribution in [0.5, 0.6) is 0 Å². The number of amides is 1. The van der Waals surface area contributed by atoms with Crippen molar-refractivity contribution < 1.29 is 9.53 Å². The van der Waals surface area contributed by atoms with Crippen LogP contribution in [-0.4, -0.2) is 57.6 Å². The van der Waals surface area contributed by atoms with Gasteiger partial charge in [0.05, 0.1) is 25.5 Å². The number of nitrogens with one attached hydrogen (secondary N) is 1. The summed E-state index contributed by atoms with van der Waals surface area (Å²) in [6.45, 7) is 8.05. The van der Waals surface area contributed by atoms with E-state index in [4.69, 9.17) is 4.74 Å². The van der Waals surface area contributed by atoms with Crippen LogP contribution in [-0.2, 0) is 23.1 Å². The number of halogens is 1. The normalized spacial score (nSPS) is 15.1. The largest absolute Gasteiger partial charge is 0.379 e. The van der Waals surface area contributed by atoms with E-state index in [1.54, 1.807) is 0 Å². The van der Waals surface area contributed by atoms with Crippen molar-refractivity contribution in [2.45, 2.75) is 25.5 Å². The summed E-state index contributed by atoms with van der Waals surface area (Å²) in [5, 5.41) is 12.3. The summed E-state index contributed by atoms with van der Waals surface area (Å²) >= 11 is 4.87. The van der Waals surface area contributed by atoms with Crippen molar-refractivity contribution in [2.75, 3.05) is 37.4 Å². The van der Waals surface area contributed by atoms with Crippen LogP contribution in [0, 0.1) is 13.8 Å². The van der Waals surface area contributed by atoms with E-state index in [0.717, 1.165) is 65.1 Å². The number of aryl methyl sites for hydroxylation is 2. The molecular formula is C18H24BrN5O2S. The van der Waals surface area contributed by atoms with Crippen molar-refractivity contribution in [3.8, 4) is 0 Å². The number of carbonyl (C=O) groups is 1. The Morgan fingerprint density at radius 3 is 2.59 bits per heavy atom. The molecule has 1 fully saturated rings. The fourth-order valence-corrected chi connectivity index (χ4v) is 4.40. The van der Waals surface area contributed by atoms with Crippen molar-refractivity contribution in [1.82, 2.24) is 19.7 Å². The van der Waals surface area contributed by atoms with Gasteiger partial charge in [0.1, 0.15) is 5.82 Å². The van der Waals surface area contributed by atoms with Gasteiger partial charge < -0.3 is 14.6 Å². The van der Waals surface area contributed by atoms with Gasteiger partial charge in [-0.3, -0.25) is 9.69 Å². The van der Waals surface area contributed by atoms with E-state index < -0.39 is 0 Å². The zero-order chi connectivity index (χ0) is 19.4. The molecule has 1 aliphatic rings. The quantitative estimate of drug-likeness (QED) is 0.677. The first kappa shape index (κ1) is 20.3. The van der Waals surface area contributed by atoms with Gasteiger partial charge in [-0.25, -0.2) is 0 Å². The third-order valence-corrected chi connectivity index (χ3v) is 5.97. The molecule has 2 aromatic rings. The molecule has 0 atom stereocenters. The number of hydrogen-bond donors (Lipinski definition) is 1. The van der Waals surface area contributed by atoms with Crippen molar-refractivity contribution in [3.63, 3.8) is 0 Å². The van der Waals surface area contributed by atoms with Gasteiger partial charge in [0.25, 0.3) is 0 Å². The highest BCUT2D eigenvalue weighted by molar-refractivity contribution is 9.10. The highest BCUT2D eigenvalue weighted by Crippen LogP contribution is 2.25. The molecular weight excluding hydrogens is 430 g/mol. The minimum absolute atomic E-state index is 0.0498. The lowest BCUT2D eigenvalue weighted by atomic mass is 10.1. The Morgan fingerprint density at radius 1 is 1.26 bits per heavy atom. The number of ether oxygens (including phenoxy) is 1. The molecule has 9 heteroatoms. The molecule has 0 aliphatic carbocycles. The Hall–Kier alpha value is -1.42. The van der Waals surface area contributed by atoms with E-state index in [1.165, 1.54) is 11.8 Å². The van der Waals surface area contributed by atoms with Gasteiger partial charge >= 0.3 is 0 Å². The van der Waals surface area contributed by atoms with Crippen LogP contribution < -0.4 is 5.32 Å². The summed E-state index contributed by atoms with van der Waals surface area (Å²) in [4.78, 5) is 14.7. The molecule has 1 amide bonds. The average Bonchev–Trinajstić information content (AvgIpc) is 2.97. The SMILES string of the molecule is Cc1cc(Br)cc(C)c1NC(=O)CSc1nnc(CN2CCOCC2)n1C. The fraction of sp³-hybridized carbons (Fsp3) is 0.500. The first-order chi connectivity index (χ1) is 12.9. The Kier molecular flexibility index (Phi) is 6.91. The molecule has 1 saturated heterocycles. The second-order valence-electron chi connectivity index (χ2n) is 6.60. The standard InChI is InChI=1S/C18H24BrN5O2S/c1-12-8-14(19)9-13(2)17(12)20-16(25)11-27-18-22-21-15(23(18)3)10-24-4-6-26-7-5-24/h8-9H,4-7,10-11H2,1-3H3,(H,20,25). The number of rotatable bonds is 6. The van der Waals surface area contributed by atoms with Gasteiger partial charge in [0.15, 0.2) is 5.16 Å². The summed E-state index contributed by atoms with van der Waals surface area (Å²) in [6.07, 6.45) is 0. The third kappa shape index (κ3) is 5.31. The monoisotopic (exact) mass is 453 g/mol. The van der Waals surface area contributed by atoms with Gasteiger partial charge in [-0.15, -0.1) is 10.2 Å². The molecule has 27 heavy (non-hydrogen) atoms. The van der Waals surface area contributed by atoms with Crippen LogP contribution in [0.4, 0.5) is 5.69 Å². The van der Waals surface area contributed by atoms with Gasteiger partial charge in [0.2, 0.25) is 5.91 Å². The lowest BCUT2D eigenvalue weighted by molar-refractivity contribution is -0.113. The second kappa shape index (κ2) is 9.18. The number of aromatic nitrogens is 3. The van der Waals surface area contributed by atoms with Gasteiger partial charge in [-0.2, -0.15) is 0 Å². The smallest absolute Gasteiger partial charge is 0.234 e. The first-order valence-corrected chi connectivity index (χ1v) is 10.6. The number of morpholine rings is 1. The van der Waals surface area contributed by atoms with Crippen LogP contribution in [0.15, 0.2) is 21.8 Å². The molecule has 1 N–H and O–H groups in total. The molecule has 0 radical (unpaired) electrons. The summed E-state index contributed by atoms with van der Waals surface area (Å²) in [7, 11) is 1.94. The zero-order valence-electron chi connectivity index (χ0n) is 15.8. The minimum Gasteiger partial charge on any atom is -0.379 e. The Bertz CT molecular complexity index is 797. The first-order valence-electron chi connectivity index (χ1n) is 8.82. The van der Waals surface area contributed by atoms with Crippen LogP contribution in [0.25, 0.3) is 0 Å². The maximum Gasteiger partial charge on any atom is 0.234 e. The minimum atomic E-state index is -0.0498. The third-order valence-electron chi connectivity index (χ3n) is 4.49. The maximum atomic E-state index is 12.4. The van der Waals surface area contributed by atoms with Gasteiger partial charge in [0, 0.05) is 30.3 Å². The van der Waals surface area contributed by atoms with Crippen molar-refractivity contribution >= 4 is 39.3 Å². The Morgan fingerprint density at radius 2 is 1.93 bits per heavy atom. The van der Waals surface area contributed by atoms with Crippen molar-refractivity contribution in [2.24, 2.45) is 7.05 Å². The van der Waals surface area contributed by atoms with Crippen molar-refractivity contribution in [3.05, 3.63) is 33.6 Å². The number of nitrogens with zero attached hydrogens (tertiary/aromatic N) is 4.